The maximum Gasteiger partial charge on any atom is 0.350 e. The van der Waals surface area contributed by atoms with E-state index in [2.05, 4.69) is 0 Å². The number of carbonyl (C=O) groups excluding carboxylic acids is 2. The first-order valence-electron chi connectivity index (χ1n) is 12.3. The Morgan fingerprint density at radius 2 is 1.40 bits per heavy atom. The van der Waals surface area contributed by atoms with E-state index in [1.54, 1.807) is 102 Å². The number of hydrogen-bond donors (Lipinski definition) is 1. The number of ketones is 1. The molecule has 0 unspecified atom stereocenters. The minimum atomic E-state index is -1.12. The Morgan fingerprint density at radius 3 is 1.90 bits per heavy atom. The van der Waals surface area contributed by atoms with Crippen LogP contribution in [-0.4, -0.2) is 48.8 Å². The molecule has 0 saturated carbocycles. The zero-order valence-corrected chi connectivity index (χ0v) is 24.0. The average Bonchev–Trinajstić information content (AvgIpc) is 2.92. The summed E-state index contributed by atoms with van der Waals surface area (Å²) in [6.07, 6.45) is 2.35. The van der Waals surface area contributed by atoms with Crippen molar-refractivity contribution < 1.29 is 38.4 Å². The second kappa shape index (κ2) is 14.7. The van der Waals surface area contributed by atoms with Crippen LogP contribution in [0.1, 0.15) is 49.2 Å². The Morgan fingerprint density at radius 1 is 0.850 bits per heavy atom. The third kappa shape index (κ3) is 9.78. The molecule has 0 aromatic heterocycles. The van der Waals surface area contributed by atoms with Gasteiger partial charge in [0.25, 0.3) is 0 Å². The summed E-state index contributed by atoms with van der Waals surface area (Å²) in [5.74, 6) is 0.142. The van der Waals surface area contributed by atoms with E-state index in [0.717, 1.165) is 11.6 Å². The Bertz CT molecular complexity index is 1330. The maximum atomic E-state index is 12.4. The monoisotopic (exact) mass is 568 g/mol. The highest BCUT2D eigenvalue weighted by Crippen LogP contribution is 2.28. The topological polar surface area (TPSA) is 108 Å². The van der Waals surface area contributed by atoms with Crippen molar-refractivity contribution in [3.8, 4) is 17.2 Å². The third-order valence-electron chi connectivity index (χ3n) is 5.26. The van der Waals surface area contributed by atoms with Gasteiger partial charge in [-0.1, -0.05) is 17.7 Å². The predicted octanol–water partition coefficient (Wildman–Crippen LogP) is 6.48. The molecule has 0 fully saturated rings. The van der Waals surface area contributed by atoms with Crippen molar-refractivity contribution in [1.82, 2.24) is 0 Å². The van der Waals surface area contributed by atoms with Crippen LogP contribution in [0.3, 0.4) is 0 Å². The SMILES string of the molecule is CC(C)OC(=O)C(C)(C)Oc1ccc(C(=O)c2ccc(Cl)cc2)cc1.COc1ccc(C=CC(=O)O)cc1OC. The van der Waals surface area contributed by atoms with Crippen LogP contribution in [0.4, 0.5) is 0 Å². The van der Waals surface area contributed by atoms with Crippen LogP contribution < -0.4 is 14.2 Å². The van der Waals surface area contributed by atoms with Crippen molar-refractivity contribution in [2.45, 2.75) is 39.4 Å². The Labute approximate surface area is 239 Å². The quantitative estimate of drug-likeness (QED) is 0.168. The summed E-state index contributed by atoms with van der Waals surface area (Å²) in [5, 5.41) is 9.04. The zero-order valence-electron chi connectivity index (χ0n) is 23.3. The van der Waals surface area contributed by atoms with Gasteiger partial charge < -0.3 is 24.1 Å². The number of esters is 1. The van der Waals surface area contributed by atoms with Gasteiger partial charge in [0.1, 0.15) is 5.75 Å². The van der Waals surface area contributed by atoms with E-state index in [1.807, 2.05) is 0 Å². The van der Waals surface area contributed by atoms with E-state index in [-0.39, 0.29) is 11.9 Å². The first-order chi connectivity index (χ1) is 18.9. The fraction of sp³-hybridized carbons (Fsp3) is 0.258. The maximum absolute atomic E-state index is 12.4. The molecule has 0 aliphatic heterocycles. The molecule has 0 amide bonds. The molecule has 0 spiro atoms. The molecular formula is C31H33ClO8. The zero-order chi connectivity index (χ0) is 29.9. The molecule has 1 N–H and O–H groups in total. The number of methoxy groups -OCH3 is 2. The van der Waals surface area contributed by atoms with Crippen molar-refractivity contribution in [3.05, 3.63) is 94.5 Å². The van der Waals surface area contributed by atoms with Crippen LogP contribution in [-0.2, 0) is 14.3 Å². The molecule has 0 aliphatic carbocycles. The van der Waals surface area contributed by atoms with Crippen LogP contribution in [0.25, 0.3) is 6.08 Å². The molecule has 9 heteroatoms. The lowest BCUT2D eigenvalue weighted by Gasteiger charge is -2.25. The van der Waals surface area contributed by atoms with E-state index in [0.29, 0.717) is 33.4 Å². The fourth-order valence-corrected chi connectivity index (χ4v) is 3.38. The van der Waals surface area contributed by atoms with Gasteiger partial charge in [-0.15, -0.1) is 0 Å². The average molecular weight is 569 g/mol. The van der Waals surface area contributed by atoms with Crippen LogP contribution >= 0.6 is 11.6 Å². The number of carbonyl (C=O) groups is 3. The van der Waals surface area contributed by atoms with Gasteiger partial charge >= 0.3 is 11.9 Å². The van der Waals surface area contributed by atoms with E-state index in [9.17, 15) is 14.4 Å². The highest BCUT2D eigenvalue weighted by atomic mass is 35.5. The molecule has 0 radical (unpaired) electrons. The number of rotatable bonds is 10. The van der Waals surface area contributed by atoms with Crippen molar-refractivity contribution in [1.29, 1.82) is 0 Å². The van der Waals surface area contributed by atoms with E-state index in [4.69, 9.17) is 35.7 Å². The number of hydrogen-bond acceptors (Lipinski definition) is 7. The van der Waals surface area contributed by atoms with Gasteiger partial charge in [0.2, 0.25) is 0 Å². The van der Waals surface area contributed by atoms with Gasteiger partial charge in [-0.05, 0) is 100.0 Å². The lowest BCUT2D eigenvalue weighted by atomic mass is 10.0. The Kier molecular flexibility index (Phi) is 11.8. The summed E-state index contributed by atoms with van der Waals surface area (Å²) < 4.78 is 21.0. The van der Waals surface area contributed by atoms with Crippen molar-refractivity contribution in [2.24, 2.45) is 0 Å². The number of ether oxygens (including phenoxy) is 4. The minimum absolute atomic E-state index is 0.110. The summed E-state index contributed by atoms with van der Waals surface area (Å²) in [6.45, 7) is 6.85. The molecule has 0 heterocycles. The van der Waals surface area contributed by atoms with Crippen LogP contribution in [0.15, 0.2) is 72.8 Å². The van der Waals surface area contributed by atoms with Gasteiger partial charge in [-0.2, -0.15) is 0 Å². The first kappa shape index (κ1) is 31.9. The van der Waals surface area contributed by atoms with Crippen LogP contribution in [0.2, 0.25) is 5.02 Å². The normalized spacial score (nSPS) is 10.9. The molecule has 3 rings (SSSR count). The van der Waals surface area contributed by atoms with Gasteiger partial charge in [0.05, 0.1) is 20.3 Å². The van der Waals surface area contributed by atoms with E-state index in [1.165, 1.54) is 13.2 Å². The summed E-state index contributed by atoms with van der Waals surface area (Å²) >= 11 is 5.84. The van der Waals surface area contributed by atoms with Gasteiger partial charge in [-0.3, -0.25) is 4.79 Å². The first-order valence-corrected chi connectivity index (χ1v) is 12.7. The molecule has 212 valence electrons. The predicted molar refractivity (Wildman–Crippen MR) is 153 cm³/mol. The second-order valence-corrected chi connectivity index (χ2v) is 9.65. The summed E-state index contributed by atoms with van der Waals surface area (Å²) in [6, 6.07) is 18.5. The summed E-state index contributed by atoms with van der Waals surface area (Å²) in [7, 11) is 3.08. The second-order valence-electron chi connectivity index (χ2n) is 9.21. The lowest BCUT2D eigenvalue weighted by Crippen LogP contribution is -2.40. The third-order valence-corrected chi connectivity index (χ3v) is 5.51. The van der Waals surface area contributed by atoms with Crippen LogP contribution in [0.5, 0.6) is 17.2 Å². The number of carboxylic acid groups (broad SMARTS) is 1. The smallest absolute Gasteiger partial charge is 0.350 e. The molecular weight excluding hydrogens is 536 g/mol. The highest BCUT2D eigenvalue weighted by molar-refractivity contribution is 6.30. The van der Waals surface area contributed by atoms with E-state index < -0.39 is 17.5 Å². The fourth-order valence-electron chi connectivity index (χ4n) is 3.26. The number of carboxylic acids is 1. The summed E-state index contributed by atoms with van der Waals surface area (Å²) in [5.41, 5.74) is 0.706. The number of halogens is 1. The van der Waals surface area contributed by atoms with Crippen molar-refractivity contribution >= 4 is 35.4 Å². The van der Waals surface area contributed by atoms with E-state index >= 15 is 0 Å². The Hall–Kier alpha value is -4.30. The standard InChI is InChI=1S/C20H21ClO4.C11H12O4/c1-13(2)24-19(23)20(3,4)25-17-11-7-15(8-12-17)18(22)14-5-9-16(21)10-6-14;1-14-9-5-3-8(4-6-11(12)13)7-10(9)15-2/h5-13H,1-4H3;3-7H,1-2H3,(H,12,13). The van der Waals surface area contributed by atoms with Gasteiger partial charge in [0, 0.05) is 22.2 Å². The molecule has 0 saturated heterocycles. The molecule has 0 atom stereocenters. The van der Waals surface area contributed by atoms with Gasteiger partial charge in [0.15, 0.2) is 22.9 Å². The molecule has 0 bridgehead atoms. The summed E-state index contributed by atoms with van der Waals surface area (Å²) in [4.78, 5) is 34.8. The molecule has 3 aromatic rings. The lowest BCUT2D eigenvalue weighted by molar-refractivity contribution is -0.163. The number of benzene rings is 3. The Balaban J connectivity index is 0.000000319. The minimum Gasteiger partial charge on any atom is -0.493 e. The molecule has 40 heavy (non-hydrogen) atoms. The highest BCUT2D eigenvalue weighted by Gasteiger charge is 2.32. The largest absolute Gasteiger partial charge is 0.493 e. The van der Waals surface area contributed by atoms with Crippen molar-refractivity contribution in [3.63, 3.8) is 0 Å². The van der Waals surface area contributed by atoms with Crippen LogP contribution in [0, 0.1) is 0 Å². The molecule has 3 aromatic carbocycles. The molecule has 8 nitrogen and oxygen atoms in total. The molecule has 0 aliphatic rings. The van der Waals surface area contributed by atoms with Crippen molar-refractivity contribution in [2.75, 3.05) is 14.2 Å². The van der Waals surface area contributed by atoms with Gasteiger partial charge in [-0.25, -0.2) is 9.59 Å². The number of aliphatic carboxylic acids is 1.